The van der Waals surface area contributed by atoms with Gasteiger partial charge in [-0.15, -0.1) is 0 Å². The molecule has 3 heterocycles. The molecule has 1 N–H and O–H groups in total. The van der Waals surface area contributed by atoms with Crippen LogP contribution in [0.25, 0.3) is 11.1 Å². The lowest BCUT2D eigenvalue weighted by Crippen LogP contribution is -2.43. The van der Waals surface area contributed by atoms with E-state index in [1.165, 1.54) is 17.7 Å². The topological polar surface area (TPSA) is 44.8 Å². The Hall–Kier alpha value is -2.96. The predicted octanol–water partition coefficient (Wildman–Crippen LogP) is 4.13. The summed E-state index contributed by atoms with van der Waals surface area (Å²) in [6, 6.07) is 12.9. The molecule has 1 fully saturated rings. The number of halogens is 1. The van der Waals surface area contributed by atoms with Crippen molar-refractivity contribution in [2.45, 2.75) is 26.0 Å². The van der Waals surface area contributed by atoms with E-state index in [0.717, 1.165) is 43.9 Å². The SMILES string of the molecule is CN1CCN(Cc2ccc(C3=CC(=C4C(=O)Nc5ccc(F)cc54)OC3(C)C)cc2)CC1. The second-order valence-corrected chi connectivity index (χ2v) is 9.33. The molecule has 166 valence electrons. The zero-order chi connectivity index (χ0) is 22.5. The monoisotopic (exact) mass is 433 g/mol. The summed E-state index contributed by atoms with van der Waals surface area (Å²) in [6.07, 6.45) is 1.92. The summed E-state index contributed by atoms with van der Waals surface area (Å²) >= 11 is 0. The van der Waals surface area contributed by atoms with Gasteiger partial charge in [0.15, 0.2) is 0 Å². The average molecular weight is 434 g/mol. The molecule has 3 aliphatic heterocycles. The smallest absolute Gasteiger partial charge is 0.260 e. The van der Waals surface area contributed by atoms with Crippen LogP contribution in [0.2, 0.25) is 0 Å². The van der Waals surface area contributed by atoms with Crippen LogP contribution < -0.4 is 5.32 Å². The third kappa shape index (κ3) is 3.85. The van der Waals surface area contributed by atoms with Gasteiger partial charge < -0.3 is 15.0 Å². The molecule has 2 aromatic rings. The summed E-state index contributed by atoms with van der Waals surface area (Å²) in [6.45, 7) is 9.32. The number of amides is 1. The lowest BCUT2D eigenvalue weighted by atomic mass is 9.91. The average Bonchev–Trinajstić information content (AvgIpc) is 3.24. The van der Waals surface area contributed by atoms with E-state index in [1.54, 1.807) is 6.07 Å². The van der Waals surface area contributed by atoms with Crippen LogP contribution in [0, 0.1) is 5.82 Å². The van der Waals surface area contributed by atoms with Gasteiger partial charge in [-0.2, -0.15) is 0 Å². The number of benzene rings is 2. The zero-order valence-electron chi connectivity index (χ0n) is 18.7. The first-order valence-corrected chi connectivity index (χ1v) is 11.1. The van der Waals surface area contributed by atoms with Crippen LogP contribution in [0.4, 0.5) is 10.1 Å². The Morgan fingerprint density at radius 3 is 2.50 bits per heavy atom. The van der Waals surface area contributed by atoms with Gasteiger partial charge in [-0.3, -0.25) is 9.69 Å². The molecule has 0 radical (unpaired) electrons. The number of anilines is 1. The van der Waals surface area contributed by atoms with E-state index >= 15 is 0 Å². The van der Waals surface area contributed by atoms with Gasteiger partial charge in [-0.05, 0) is 56.3 Å². The predicted molar refractivity (Wildman–Crippen MR) is 124 cm³/mol. The van der Waals surface area contributed by atoms with Crippen molar-refractivity contribution in [3.05, 3.63) is 76.8 Å². The summed E-state index contributed by atoms with van der Waals surface area (Å²) in [5.74, 6) is -0.166. The van der Waals surface area contributed by atoms with E-state index in [4.69, 9.17) is 4.74 Å². The molecule has 0 atom stereocenters. The van der Waals surface area contributed by atoms with Crippen LogP contribution in [-0.2, 0) is 16.1 Å². The van der Waals surface area contributed by atoms with E-state index in [2.05, 4.69) is 46.4 Å². The van der Waals surface area contributed by atoms with Crippen molar-refractivity contribution in [3.63, 3.8) is 0 Å². The molecular weight excluding hydrogens is 405 g/mol. The molecule has 32 heavy (non-hydrogen) atoms. The third-order valence-electron chi connectivity index (χ3n) is 6.53. The van der Waals surface area contributed by atoms with E-state index < -0.39 is 5.60 Å². The van der Waals surface area contributed by atoms with Crippen LogP contribution in [0.1, 0.15) is 30.5 Å². The Labute approximate surface area is 188 Å². The number of piperazine rings is 1. The molecule has 1 saturated heterocycles. The van der Waals surface area contributed by atoms with Crippen molar-refractivity contribution in [1.29, 1.82) is 0 Å². The Bertz CT molecular complexity index is 1130. The van der Waals surface area contributed by atoms with Gasteiger partial charge >= 0.3 is 0 Å². The Balaban J connectivity index is 1.43. The first-order valence-electron chi connectivity index (χ1n) is 11.1. The number of rotatable bonds is 3. The van der Waals surface area contributed by atoms with E-state index in [9.17, 15) is 9.18 Å². The van der Waals surface area contributed by atoms with Crippen LogP contribution >= 0.6 is 0 Å². The molecule has 2 aromatic carbocycles. The van der Waals surface area contributed by atoms with Gasteiger partial charge in [0.1, 0.15) is 17.2 Å². The highest BCUT2D eigenvalue weighted by Gasteiger charge is 2.38. The largest absolute Gasteiger partial charge is 0.482 e. The minimum atomic E-state index is -0.600. The minimum absolute atomic E-state index is 0.267. The highest BCUT2D eigenvalue weighted by molar-refractivity contribution is 6.32. The van der Waals surface area contributed by atoms with Crippen LogP contribution in [0.15, 0.2) is 54.3 Å². The molecule has 5 rings (SSSR count). The molecule has 0 aromatic heterocycles. The number of nitrogens with one attached hydrogen (secondary N) is 1. The summed E-state index contributed by atoms with van der Waals surface area (Å²) in [4.78, 5) is 17.5. The zero-order valence-corrected chi connectivity index (χ0v) is 18.7. The molecule has 0 bridgehead atoms. The molecule has 0 unspecified atom stereocenters. The number of hydrogen-bond donors (Lipinski definition) is 1. The maximum atomic E-state index is 13.8. The quantitative estimate of drug-likeness (QED) is 0.740. The minimum Gasteiger partial charge on any atom is -0.482 e. The molecule has 0 saturated carbocycles. The summed E-state index contributed by atoms with van der Waals surface area (Å²) in [5, 5.41) is 2.80. The fourth-order valence-electron chi connectivity index (χ4n) is 4.66. The third-order valence-corrected chi connectivity index (χ3v) is 6.53. The molecule has 0 aliphatic carbocycles. The van der Waals surface area contributed by atoms with Crippen LogP contribution in [-0.4, -0.2) is 54.5 Å². The Morgan fingerprint density at radius 1 is 1.06 bits per heavy atom. The number of carbonyl (C=O) groups is 1. The highest BCUT2D eigenvalue weighted by Crippen LogP contribution is 2.44. The second-order valence-electron chi connectivity index (χ2n) is 9.33. The van der Waals surface area contributed by atoms with E-state index in [1.807, 2.05) is 19.9 Å². The number of carbonyl (C=O) groups excluding carboxylic acids is 1. The van der Waals surface area contributed by atoms with Gasteiger partial charge in [0, 0.05) is 49.5 Å². The molecular formula is C26H28FN3O2. The number of allylic oxidation sites excluding steroid dienone is 1. The maximum Gasteiger partial charge on any atom is 0.260 e. The number of nitrogens with zero attached hydrogens (tertiary/aromatic N) is 2. The van der Waals surface area contributed by atoms with E-state index in [0.29, 0.717) is 22.6 Å². The summed E-state index contributed by atoms with van der Waals surface area (Å²) in [7, 11) is 2.17. The van der Waals surface area contributed by atoms with Gasteiger partial charge in [-0.25, -0.2) is 4.39 Å². The lowest BCUT2D eigenvalue weighted by Gasteiger charge is -2.32. The molecule has 1 amide bonds. The number of likely N-dealkylation sites (N-methyl/N-ethyl adjacent to an activating group) is 1. The second kappa shape index (κ2) is 7.87. The Morgan fingerprint density at radius 2 is 1.78 bits per heavy atom. The van der Waals surface area contributed by atoms with Crippen molar-refractivity contribution in [1.82, 2.24) is 9.80 Å². The standard InChI is InChI=1S/C26H28FN3O2/c1-26(2)21(18-6-4-17(5-7-18)16-30-12-10-29(3)11-13-30)15-23(32-26)24-20-14-19(27)8-9-22(20)28-25(24)31/h4-9,14-15H,10-13,16H2,1-3H3,(H,28,31). The van der Waals surface area contributed by atoms with Gasteiger partial charge in [0.25, 0.3) is 5.91 Å². The first-order chi connectivity index (χ1) is 15.3. The maximum absolute atomic E-state index is 13.8. The normalized spacial score (nSPS) is 23.0. The lowest BCUT2D eigenvalue weighted by molar-refractivity contribution is -0.111. The summed E-state index contributed by atoms with van der Waals surface area (Å²) < 4.78 is 20.1. The van der Waals surface area contributed by atoms with Crippen molar-refractivity contribution in [2.24, 2.45) is 0 Å². The van der Waals surface area contributed by atoms with Gasteiger partial charge in [-0.1, -0.05) is 24.3 Å². The van der Waals surface area contributed by atoms with Crippen molar-refractivity contribution < 1.29 is 13.9 Å². The van der Waals surface area contributed by atoms with Gasteiger partial charge in [0.05, 0.1) is 5.57 Å². The number of ether oxygens (including phenoxy) is 1. The fourth-order valence-corrected chi connectivity index (χ4v) is 4.66. The molecule has 0 spiro atoms. The molecule has 6 heteroatoms. The summed E-state index contributed by atoms with van der Waals surface area (Å²) in [5.41, 5.74) is 4.28. The van der Waals surface area contributed by atoms with Crippen molar-refractivity contribution >= 4 is 22.7 Å². The van der Waals surface area contributed by atoms with Crippen molar-refractivity contribution in [2.75, 3.05) is 38.5 Å². The van der Waals surface area contributed by atoms with Gasteiger partial charge in [0.2, 0.25) is 0 Å². The van der Waals surface area contributed by atoms with E-state index in [-0.39, 0.29) is 11.7 Å². The van der Waals surface area contributed by atoms with Crippen LogP contribution in [0.5, 0.6) is 0 Å². The molecule has 3 aliphatic rings. The Kier molecular flexibility index (Phi) is 5.14. The fraction of sp³-hybridized carbons (Fsp3) is 0.346. The first kappa shape index (κ1) is 20.9. The molecule has 5 nitrogen and oxygen atoms in total. The van der Waals surface area contributed by atoms with Crippen molar-refractivity contribution in [3.8, 4) is 0 Å². The number of hydrogen-bond acceptors (Lipinski definition) is 4. The number of fused-ring (bicyclic) bond motifs is 1. The van der Waals surface area contributed by atoms with Crippen LogP contribution in [0.3, 0.4) is 0 Å². The highest BCUT2D eigenvalue weighted by atomic mass is 19.1.